The molecule has 3 aromatic rings. The van der Waals surface area contributed by atoms with E-state index in [-0.39, 0.29) is 12.1 Å². The fourth-order valence-electron chi connectivity index (χ4n) is 2.16. The Balaban J connectivity index is 2.01. The number of allylic oxidation sites excluding steroid dienone is 1. The van der Waals surface area contributed by atoms with Crippen LogP contribution in [-0.2, 0) is 4.74 Å². The van der Waals surface area contributed by atoms with E-state index < -0.39 is 0 Å². The SMILES string of the molecule is [2H]c1cnc2cnc(C(COC=CC)c3ccccc3)nc2n1. The Labute approximate surface area is 130 Å². The monoisotopic (exact) mass is 293 g/mol. The third-order valence-corrected chi connectivity index (χ3v) is 3.21. The Morgan fingerprint density at radius 3 is 2.91 bits per heavy atom. The van der Waals surface area contributed by atoms with Crippen molar-refractivity contribution in [3.8, 4) is 0 Å². The second-order valence-corrected chi connectivity index (χ2v) is 4.70. The number of ether oxygens (including phenoxy) is 1. The maximum atomic E-state index is 7.59. The van der Waals surface area contributed by atoms with Gasteiger partial charge in [0.25, 0.3) is 0 Å². The van der Waals surface area contributed by atoms with E-state index in [2.05, 4.69) is 19.9 Å². The van der Waals surface area contributed by atoms with Gasteiger partial charge >= 0.3 is 0 Å². The molecule has 3 rings (SSSR count). The lowest BCUT2D eigenvalue weighted by molar-refractivity contribution is 0.235. The maximum Gasteiger partial charge on any atom is 0.181 e. The molecule has 0 radical (unpaired) electrons. The summed E-state index contributed by atoms with van der Waals surface area (Å²) in [5, 5.41) is 0. The van der Waals surface area contributed by atoms with E-state index in [1.54, 1.807) is 12.5 Å². The van der Waals surface area contributed by atoms with Gasteiger partial charge in [0.1, 0.15) is 17.9 Å². The quantitative estimate of drug-likeness (QED) is 0.676. The molecular weight excluding hydrogens is 276 g/mol. The van der Waals surface area contributed by atoms with Gasteiger partial charge in [0.05, 0.1) is 19.7 Å². The van der Waals surface area contributed by atoms with E-state index in [4.69, 9.17) is 6.11 Å². The van der Waals surface area contributed by atoms with Gasteiger partial charge < -0.3 is 4.74 Å². The first kappa shape index (κ1) is 12.9. The topological polar surface area (TPSA) is 60.8 Å². The van der Waals surface area contributed by atoms with Crippen LogP contribution in [0.3, 0.4) is 0 Å². The third kappa shape index (κ3) is 3.09. The molecule has 2 aromatic heterocycles. The number of aromatic nitrogens is 4. The van der Waals surface area contributed by atoms with Gasteiger partial charge in [0, 0.05) is 12.4 Å². The van der Waals surface area contributed by atoms with Crippen LogP contribution in [0.5, 0.6) is 0 Å². The zero-order valence-electron chi connectivity index (χ0n) is 13.2. The van der Waals surface area contributed by atoms with Gasteiger partial charge in [0.2, 0.25) is 0 Å². The largest absolute Gasteiger partial charge is 0.500 e. The molecule has 0 aliphatic rings. The highest BCUT2D eigenvalue weighted by Crippen LogP contribution is 2.23. The molecule has 5 nitrogen and oxygen atoms in total. The van der Waals surface area contributed by atoms with Crippen molar-refractivity contribution in [2.75, 3.05) is 6.61 Å². The molecule has 1 aromatic carbocycles. The first-order chi connectivity index (χ1) is 11.3. The van der Waals surface area contributed by atoms with Crippen molar-refractivity contribution in [2.24, 2.45) is 0 Å². The van der Waals surface area contributed by atoms with Gasteiger partial charge in [-0.3, -0.25) is 0 Å². The van der Waals surface area contributed by atoms with Crippen molar-refractivity contribution in [2.45, 2.75) is 12.8 Å². The first-order valence-electron chi connectivity index (χ1n) is 7.52. The minimum atomic E-state index is -0.118. The predicted octanol–water partition coefficient (Wildman–Crippen LogP) is 3.10. The molecule has 1 unspecified atom stereocenters. The van der Waals surface area contributed by atoms with Gasteiger partial charge in [-0.15, -0.1) is 0 Å². The normalized spacial score (nSPS) is 13.2. The zero-order valence-corrected chi connectivity index (χ0v) is 12.2. The van der Waals surface area contributed by atoms with Crippen molar-refractivity contribution in [1.29, 1.82) is 0 Å². The van der Waals surface area contributed by atoms with Crippen LogP contribution in [0.4, 0.5) is 0 Å². The summed E-state index contributed by atoms with van der Waals surface area (Å²) in [7, 11) is 0. The van der Waals surface area contributed by atoms with E-state index >= 15 is 0 Å². The van der Waals surface area contributed by atoms with Crippen LogP contribution >= 0.6 is 0 Å². The minimum Gasteiger partial charge on any atom is -0.500 e. The van der Waals surface area contributed by atoms with Gasteiger partial charge in [-0.2, -0.15) is 0 Å². The molecule has 0 amide bonds. The average molecular weight is 293 g/mol. The Morgan fingerprint density at radius 1 is 1.23 bits per heavy atom. The number of hydrogen-bond acceptors (Lipinski definition) is 5. The molecular formula is C17H16N4O. The molecule has 0 aliphatic carbocycles. The van der Waals surface area contributed by atoms with Crippen LogP contribution < -0.4 is 0 Å². The van der Waals surface area contributed by atoms with Crippen LogP contribution in [0.1, 0.15) is 25.6 Å². The van der Waals surface area contributed by atoms with Crippen LogP contribution in [0, 0.1) is 0 Å². The number of fused-ring (bicyclic) bond motifs is 1. The molecule has 110 valence electrons. The summed E-state index contributed by atoms with van der Waals surface area (Å²) in [4.78, 5) is 17.1. The summed E-state index contributed by atoms with van der Waals surface area (Å²) in [6.45, 7) is 2.32. The molecule has 0 bridgehead atoms. The molecule has 1 atom stereocenters. The summed E-state index contributed by atoms with van der Waals surface area (Å²) in [5.41, 5.74) is 2.06. The molecule has 0 saturated carbocycles. The Hall–Kier alpha value is -2.82. The summed E-state index contributed by atoms with van der Waals surface area (Å²) in [6, 6.07) is 9.95. The number of rotatable bonds is 5. The lowest BCUT2D eigenvalue weighted by atomic mass is 9.99. The molecule has 0 fully saturated rings. The number of nitrogens with zero attached hydrogens (tertiary/aromatic N) is 4. The molecule has 2 heterocycles. The van der Waals surface area contributed by atoms with Crippen molar-refractivity contribution in [1.82, 2.24) is 19.9 Å². The fraction of sp³-hybridized carbons (Fsp3) is 0.176. The average Bonchev–Trinajstić information content (AvgIpc) is 2.59. The van der Waals surface area contributed by atoms with Crippen molar-refractivity contribution in [3.05, 3.63) is 72.6 Å². The maximum absolute atomic E-state index is 7.59. The lowest BCUT2D eigenvalue weighted by Gasteiger charge is -2.15. The molecule has 22 heavy (non-hydrogen) atoms. The smallest absolute Gasteiger partial charge is 0.181 e. The fourth-order valence-corrected chi connectivity index (χ4v) is 2.16. The molecule has 0 N–H and O–H groups in total. The standard InChI is InChI=1S/C17H16N4O/c1-2-10-22-12-14(13-6-4-3-5-7-13)16-20-11-15-17(21-16)19-9-8-18-15/h2-11,14H,12H2,1H3/i9D. The van der Waals surface area contributed by atoms with Crippen molar-refractivity contribution < 1.29 is 6.11 Å². The van der Waals surface area contributed by atoms with Gasteiger partial charge in [-0.05, 0) is 12.5 Å². The summed E-state index contributed by atoms with van der Waals surface area (Å²) >= 11 is 0. The van der Waals surface area contributed by atoms with E-state index in [0.717, 1.165) is 5.56 Å². The van der Waals surface area contributed by atoms with E-state index in [0.29, 0.717) is 23.6 Å². The van der Waals surface area contributed by atoms with Gasteiger partial charge in [-0.1, -0.05) is 36.4 Å². The van der Waals surface area contributed by atoms with Crippen molar-refractivity contribution in [3.63, 3.8) is 0 Å². The Kier molecular flexibility index (Phi) is 3.96. The van der Waals surface area contributed by atoms with Crippen LogP contribution in [0.25, 0.3) is 11.2 Å². The molecule has 0 aliphatic heterocycles. The van der Waals surface area contributed by atoms with E-state index in [1.165, 1.54) is 6.20 Å². The minimum absolute atomic E-state index is 0.0866. The van der Waals surface area contributed by atoms with Crippen molar-refractivity contribution >= 4 is 11.2 Å². The van der Waals surface area contributed by atoms with Crippen LogP contribution in [-0.4, -0.2) is 26.5 Å². The highest BCUT2D eigenvalue weighted by molar-refractivity contribution is 5.67. The second-order valence-electron chi connectivity index (χ2n) is 4.70. The highest BCUT2D eigenvalue weighted by atomic mass is 16.5. The number of hydrogen-bond donors (Lipinski definition) is 0. The lowest BCUT2D eigenvalue weighted by Crippen LogP contribution is -2.12. The Bertz CT molecular complexity index is 823. The highest BCUT2D eigenvalue weighted by Gasteiger charge is 2.18. The van der Waals surface area contributed by atoms with Crippen LogP contribution in [0.15, 0.2) is 61.2 Å². The van der Waals surface area contributed by atoms with Gasteiger partial charge in [0.15, 0.2) is 5.65 Å². The number of benzene rings is 1. The second kappa shape index (κ2) is 6.76. The van der Waals surface area contributed by atoms with E-state index in [9.17, 15) is 0 Å². The summed E-state index contributed by atoms with van der Waals surface area (Å²) < 4.78 is 13.1. The predicted molar refractivity (Wildman–Crippen MR) is 84.2 cm³/mol. The molecule has 0 spiro atoms. The Morgan fingerprint density at radius 2 is 2.09 bits per heavy atom. The molecule has 5 heteroatoms. The molecule has 0 saturated heterocycles. The third-order valence-electron chi connectivity index (χ3n) is 3.21. The van der Waals surface area contributed by atoms with Crippen LogP contribution in [0.2, 0.25) is 0 Å². The van der Waals surface area contributed by atoms with E-state index in [1.807, 2.05) is 43.3 Å². The summed E-state index contributed by atoms with van der Waals surface area (Å²) in [6.07, 6.45) is 6.59. The first-order valence-corrected chi connectivity index (χ1v) is 7.02. The summed E-state index contributed by atoms with van der Waals surface area (Å²) in [5.74, 6) is 0.487. The zero-order chi connectivity index (χ0) is 16.1. The van der Waals surface area contributed by atoms with Gasteiger partial charge in [-0.25, -0.2) is 19.9 Å².